The highest BCUT2D eigenvalue weighted by Crippen LogP contribution is 2.38. The molecule has 2 aromatic carbocycles. The summed E-state index contributed by atoms with van der Waals surface area (Å²) < 4.78 is 0. The zero-order valence-electron chi connectivity index (χ0n) is 14.9. The van der Waals surface area contributed by atoms with Gasteiger partial charge in [-0.3, -0.25) is 19.7 Å². The van der Waals surface area contributed by atoms with Gasteiger partial charge in [0.15, 0.2) is 5.69 Å². The van der Waals surface area contributed by atoms with Crippen molar-refractivity contribution in [1.29, 1.82) is 0 Å². The van der Waals surface area contributed by atoms with Crippen molar-refractivity contribution in [3.63, 3.8) is 0 Å². The fourth-order valence-corrected chi connectivity index (χ4v) is 3.44. The van der Waals surface area contributed by atoms with Crippen molar-refractivity contribution < 1.29 is 19.6 Å². The minimum absolute atomic E-state index is 0.105. The number of nitro groups is 1. The molecule has 0 radical (unpaired) electrons. The molecule has 0 unspecified atom stereocenters. The maximum atomic E-state index is 12.6. The van der Waals surface area contributed by atoms with E-state index in [0.717, 1.165) is 5.56 Å². The number of aromatic hydroxyl groups is 1. The van der Waals surface area contributed by atoms with Crippen LogP contribution in [0.25, 0.3) is 10.9 Å². The normalized spacial score (nSPS) is 19.0. The Balaban J connectivity index is 1.65. The largest absolute Gasteiger partial charge is 0.493 e. The highest BCUT2D eigenvalue weighted by atomic mass is 16.6. The number of benzene rings is 2. The number of non-ortho nitro benzene ring substituents is 1. The van der Waals surface area contributed by atoms with Gasteiger partial charge in [-0.05, 0) is 11.6 Å². The lowest BCUT2D eigenvalue weighted by molar-refractivity contribution is -0.384. The summed E-state index contributed by atoms with van der Waals surface area (Å²) in [6.07, 6.45) is 0. The Labute approximate surface area is 163 Å². The van der Waals surface area contributed by atoms with Crippen LogP contribution in [0.2, 0.25) is 0 Å². The Morgan fingerprint density at radius 2 is 1.97 bits per heavy atom. The average Bonchev–Trinajstić information content (AvgIpc) is 3.25. The van der Waals surface area contributed by atoms with E-state index in [2.05, 4.69) is 20.5 Å². The minimum atomic E-state index is -1.04. The van der Waals surface area contributed by atoms with Crippen molar-refractivity contribution >= 4 is 34.1 Å². The molecule has 0 aliphatic carbocycles. The molecule has 10 nitrogen and oxygen atoms in total. The van der Waals surface area contributed by atoms with E-state index in [1.54, 1.807) is 0 Å². The lowest BCUT2D eigenvalue weighted by Gasteiger charge is -2.13. The molecule has 146 valence electrons. The number of amides is 2. The molecule has 0 saturated carbocycles. The first-order valence-corrected chi connectivity index (χ1v) is 8.73. The number of carbonyl (C=O) groups excluding carboxylic acids is 2. The molecule has 2 atom stereocenters. The average molecular weight is 393 g/mol. The van der Waals surface area contributed by atoms with Crippen LogP contribution >= 0.6 is 0 Å². The second-order valence-electron chi connectivity index (χ2n) is 6.59. The maximum Gasteiger partial charge on any atom is 0.277 e. The lowest BCUT2D eigenvalue weighted by atomic mass is 9.88. The summed E-state index contributed by atoms with van der Waals surface area (Å²) >= 11 is 0. The first-order valence-electron chi connectivity index (χ1n) is 8.73. The molecule has 2 heterocycles. The van der Waals surface area contributed by atoms with E-state index in [9.17, 15) is 24.8 Å². The van der Waals surface area contributed by atoms with E-state index in [4.69, 9.17) is 0 Å². The third-order valence-electron chi connectivity index (χ3n) is 4.87. The van der Waals surface area contributed by atoms with E-state index in [1.165, 1.54) is 18.2 Å². The van der Waals surface area contributed by atoms with Crippen LogP contribution in [0.15, 0.2) is 58.8 Å². The summed E-state index contributed by atoms with van der Waals surface area (Å²) in [5, 5.41) is 31.4. The SMILES string of the molecule is O=C(N=Nc1c(O)[nH]c2ccc([N+](=O)[O-])cc12)[C@@H]1C(=O)NC[C@@H]1c1ccccc1. The third-order valence-corrected chi connectivity index (χ3v) is 4.87. The second kappa shape index (κ2) is 7.15. The molecule has 1 fully saturated rings. The molecular weight excluding hydrogens is 378 g/mol. The van der Waals surface area contributed by atoms with Gasteiger partial charge in [0.2, 0.25) is 11.8 Å². The summed E-state index contributed by atoms with van der Waals surface area (Å²) in [6, 6.07) is 13.0. The molecule has 3 N–H and O–H groups in total. The molecule has 0 spiro atoms. The lowest BCUT2D eigenvalue weighted by Crippen LogP contribution is -2.25. The Kier molecular flexibility index (Phi) is 4.51. The monoisotopic (exact) mass is 393 g/mol. The fraction of sp³-hybridized carbons (Fsp3) is 0.158. The molecule has 2 amide bonds. The number of aromatic amines is 1. The Morgan fingerprint density at radius 1 is 1.21 bits per heavy atom. The summed E-state index contributed by atoms with van der Waals surface area (Å²) in [5.74, 6) is -3.00. The standard InChI is InChI=1S/C19H15N5O5/c25-17-15(13(9-20-17)10-4-2-1-3-5-10)18(26)23-22-16-12-8-11(24(28)29)6-7-14(12)21-19(16)27/h1-8,13,15,21,27H,9H2,(H,20,25)/t13-,15+/m1/s1. The van der Waals surface area contributed by atoms with Crippen molar-refractivity contribution in [1.82, 2.24) is 10.3 Å². The molecule has 0 bridgehead atoms. The van der Waals surface area contributed by atoms with Gasteiger partial charge < -0.3 is 15.4 Å². The van der Waals surface area contributed by atoms with Crippen molar-refractivity contribution in [2.24, 2.45) is 16.1 Å². The second-order valence-corrected chi connectivity index (χ2v) is 6.59. The van der Waals surface area contributed by atoms with Gasteiger partial charge in [0.1, 0.15) is 5.92 Å². The van der Waals surface area contributed by atoms with Gasteiger partial charge in [-0.1, -0.05) is 30.3 Å². The highest BCUT2D eigenvalue weighted by Gasteiger charge is 2.41. The van der Waals surface area contributed by atoms with Crippen LogP contribution in [0.3, 0.4) is 0 Å². The van der Waals surface area contributed by atoms with E-state index in [-0.39, 0.29) is 28.6 Å². The first-order chi connectivity index (χ1) is 14.0. The predicted molar refractivity (Wildman–Crippen MR) is 102 cm³/mol. The number of aromatic nitrogens is 1. The van der Waals surface area contributed by atoms with Gasteiger partial charge in [-0.25, -0.2) is 0 Å². The zero-order valence-corrected chi connectivity index (χ0v) is 14.9. The summed E-state index contributed by atoms with van der Waals surface area (Å²) in [5.41, 5.74) is 0.922. The Morgan fingerprint density at radius 3 is 2.69 bits per heavy atom. The number of rotatable bonds is 4. The van der Waals surface area contributed by atoms with Crippen LogP contribution in [0.4, 0.5) is 11.4 Å². The summed E-state index contributed by atoms with van der Waals surface area (Å²) in [6.45, 7) is 0.305. The number of hydrogen-bond donors (Lipinski definition) is 3. The molecule has 3 aromatic rings. The summed E-state index contributed by atoms with van der Waals surface area (Å²) in [4.78, 5) is 37.9. The number of azo groups is 1. The fourth-order valence-electron chi connectivity index (χ4n) is 3.44. The van der Waals surface area contributed by atoms with E-state index < -0.39 is 22.7 Å². The van der Waals surface area contributed by atoms with E-state index in [1.807, 2.05) is 30.3 Å². The van der Waals surface area contributed by atoms with Crippen LogP contribution in [0, 0.1) is 16.0 Å². The molecule has 10 heteroatoms. The van der Waals surface area contributed by atoms with Gasteiger partial charge >= 0.3 is 0 Å². The molecule has 29 heavy (non-hydrogen) atoms. The third kappa shape index (κ3) is 3.31. The molecule has 1 aromatic heterocycles. The first kappa shape index (κ1) is 18.3. The van der Waals surface area contributed by atoms with Crippen LogP contribution in [-0.4, -0.2) is 33.4 Å². The predicted octanol–water partition coefficient (Wildman–Crippen LogP) is 2.92. The van der Waals surface area contributed by atoms with Gasteiger partial charge in [0, 0.05) is 30.0 Å². The van der Waals surface area contributed by atoms with Crippen molar-refractivity contribution in [3.05, 3.63) is 64.2 Å². The number of nitrogens with one attached hydrogen (secondary N) is 2. The van der Waals surface area contributed by atoms with Gasteiger partial charge in [-0.15, -0.1) is 10.2 Å². The van der Waals surface area contributed by atoms with Gasteiger partial charge in [0.05, 0.1) is 10.4 Å². The smallest absolute Gasteiger partial charge is 0.277 e. The van der Waals surface area contributed by atoms with Crippen molar-refractivity contribution in [2.75, 3.05) is 6.54 Å². The molecular formula is C19H15N5O5. The Bertz CT molecular complexity index is 1150. The minimum Gasteiger partial charge on any atom is -0.493 e. The van der Waals surface area contributed by atoms with Crippen LogP contribution in [0.1, 0.15) is 11.5 Å². The number of hydrogen-bond acceptors (Lipinski definition) is 6. The molecule has 1 aliphatic rings. The van der Waals surface area contributed by atoms with Crippen LogP contribution in [0.5, 0.6) is 5.88 Å². The van der Waals surface area contributed by atoms with Crippen LogP contribution in [-0.2, 0) is 9.59 Å². The quantitative estimate of drug-likeness (QED) is 0.269. The van der Waals surface area contributed by atoms with Crippen molar-refractivity contribution in [2.45, 2.75) is 5.92 Å². The topological polar surface area (TPSA) is 150 Å². The highest BCUT2D eigenvalue weighted by molar-refractivity contribution is 6.03. The van der Waals surface area contributed by atoms with Gasteiger partial charge in [-0.2, -0.15) is 0 Å². The molecule has 4 rings (SSSR count). The maximum absolute atomic E-state index is 12.6. The number of H-pyrrole nitrogens is 1. The van der Waals surface area contributed by atoms with E-state index in [0.29, 0.717) is 12.1 Å². The number of nitrogens with zero attached hydrogens (tertiary/aromatic N) is 3. The van der Waals surface area contributed by atoms with Crippen molar-refractivity contribution in [3.8, 4) is 5.88 Å². The number of carbonyl (C=O) groups is 2. The number of fused-ring (bicyclic) bond motifs is 1. The number of nitro benzene ring substituents is 1. The summed E-state index contributed by atoms with van der Waals surface area (Å²) in [7, 11) is 0. The Hall–Kier alpha value is -4.08. The molecule has 1 aliphatic heterocycles. The van der Waals surface area contributed by atoms with Crippen LogP contribution < -0.4 is 5.32 Å². The zero-order chi connectivity index (χ0) is 20.5. The molecule has 1 saturated heterocycles. The van der Waals surface area contributed by atoms with E-state index >= 15 is 0 Å². The van der Waals surface area contributed by atoms with Gasteiger partial charge in [0.25, 0.3) is 11.6 Å².